The summed E-state index contributed by atoms with van der Waals surface area (Å²) >= 11 is 0. The first-order valence-corrected chi connectivity index (χ1v) is 7.77. The lowest BCUT2D eigenvalue weighted by molar-refractivity contribution is -0.120. The van der Waals surface area contributed by atoms with Crippen molar-refractivity contribution in [2.24, 2.45) is 5.92 Å². The normalized spacial score (nSPS) is 13.8. The van der Waals surface area contributed by atoms with Crippen LogP contribution in [-0.4, -0.2) is 41.3 Å². The Bertz CT molecular complexity index is 649. The second-order valence-corrected chi connectivity index (χ2v) is 5.69. The van der Waals surface area contributed by atoms with E-state index in [0.717, 1.165) is 23.8 Å². The quantitative estimate of drug-likeness (QED) is 0.678. The first-order chi connectivity index (χ1) is 11.2. The number of aromatic amines is 1. The predicted octanol–water partition coefficient (Wildman–Crippen LogP) is 1.10. The van der Waals surface area contributed by atoms with E-state index in [2.05, 4.69) is 25.8 Å². The molecule has 1 heterocycles. The molecule has 3 N–H and O–H groups in total. The number of nitrogens with one attached hydrogen (secondary N) is 3. The molecule has 0 saturated heterocycles. The molecular formula is C16H21N5O2. The Kier molecular flexibility index (Phi) is 4.87. The van der Waals surface area contributed by atoms with Crippen LogP contribution < -0.4 is 15.4 Å². The number of hydrogen-bond donors (Lipinski definition) is 3. The van der Waals surface area contributed by atoms with Crippen LogP contribution in [0.15, 0.2) is 24.3 Å². The summed E-state index contributed by atoms with van der Waals surface area (Å²) in [6.07, 6.45) is 2.56. The molecule has 1 amide bonds. The molecule has 1 aliphatic rings. The van der Waals surface area contributed by atoms with Gasteiger partial charge in [-0.15, -0.1) is 0 Å². The first-order valence-electron chi connectivity index (χ1n) is 7.77. The highest BCUT2D eigenvalue weighted by atomic mass is 16.5. The summed E-state index contributed by atoms with van der Waals surface area (Å²) in [5, 5.41) is 13.0. The molecule has 0 unspecified atom stereocenters. The summed E-state index contributed by atoms with van der Waals surface area (Å²) in [4.78, 5) is 16.1. The van der Waals surface area contributed by atoms with Crippen LogP contribution in [0.5, 0.6) is 5.75 Å². The average molecular weight is 315 g/mol. The molecule has 0 atom stereocenters. The zero-order valence-corrected chi connectivity index (χ0v) is 13.1. The van der Waals surface area contributed by atoms with Crippen LogP contribution in [0.4, 0.5) is 0 Å². The number of amides is 1. The maximum Gasteiger partial charge on any atom is 0.234 e. The van der Waals surface area contributed by atoms with Gasteiger partial charge in [0.25, 0.3) is 0 Å². The molecule has 3 rings (SSSR count). The molecule has 23 heavy (non-hydrogen) atoms. The minimum absolute atomic E-state index is 0.0342. The summed E-state index contributed by atoms with van der Waals surface area (Å²) in [7, 11) is 1.63. The highest BCUT2D eigenvalue weighted by Gasteiger charge is 2.20. The fraction of sp³-hybridized carbons (Fsp3) is 0.438. The molecule has 1 aromatic heterocycles. The van der Waals surface area contributed by atoms with E-state index in [1.807, 2.05) is 24.3 Å². The maximum absolute atomic E-state index is 11.7. The van der Waals surface area contributed by atoms with Crippen molar-refractivity contribution in [1.29, 1.82) is 0 Å². The van der Waals surface area contributed by atoms with E-state index < -0.39 is 0 Å². The van der Waals surface area contributed by atoms with Gasteiger partial charge in [-0.3, -0.25) is 9.89 Å². The van der Waals surface area contributed by atoms with E-state index in [-0.39, 0.29) is 5.91 Å². The Labute approximate surface area is 134 Å². The van der Waals surface area contributed by atoms with E-state index in [9.17, 15) is 4.79 Å². The van der Waals surface area contributed by atoms with E-state index in [1.54, 1.807) is 7.11 Å². The van der Waals surface area contributed by atoms with Gasteiger partial charge in [0, 0.05) is 5.56 Å². The van der Waals surface area contributed by atoms with Crippen LogP contribution in [0, 0.1) is 5.92 Å². The Hall–Kier alpha value is -2.41. The molecule has 1 aromatic carbocycles. The highest BCUT2D eigenvalue weighted by Crippen LogP contribution is 2.27. The molecule has 0 aliphatic heterocycles. The van der Waals surface area contributed by atoms with Crippen molar-refractivity contribution in [3.8, 4) is 17.1 Å². The molecule has 2 aromatic rings. The second kappa shape index (κ2) is 7.23. The smallest absolute Gasteiger partial charge is 0.234 e. The van der Waals surface area contributed by atoms with E-state index in [4.69, 9.17) is 4.74 Å². The Morgan fingerprint density at radius 2 is 2.13 bits per heavy atom. The van der Waals surface area contributed by atoms with Gasteiger partial charge in [0.1, 0.15) is 11.6 Å². The largest absolute Gasteiger partial charge is 0.497 e. The summed E-state index contributed by atoms with van der Waals surface area (Å²) in [6, 6.07) is 7.51. The number of carbonyl (C=O) groups excluding carboxylic acids is 1. The van der Waals surface area contributed by atoms with Crippen LogP contribution in [0.2, 0.25) is 0 Å². The van der Waals surface area contributed by atoms with Crippen molar-refractivity contribution in [2.75, 3.05) is 20.2 Å². The molecule has 1 saturated carbocycles. The predicted molar refractivity (Wildman–Crippen MR) is 85.8 cm³/mol. The first kappa shape index (κ1) is 15.5. The molecule has 0 bridgehead atoms. The number of rotatable bonds is 8. The number of H-pyrrole nitrogens is 1. The molecule has 7 nitrogen and oxygen atoms in total. The third-order valence-corrected chi connectivity index (χ3v) is 3.75. The molecule has 1 aliphatic carbocycles. The Morgan fingerprint density at radius 3 is 2.83 bits per heavy atom. The van der Waals surface area contributed by atoms with Gasteiger partial charge in [0.05, 0.1) is 20.2 Å². The number of ether oxygens (including phenoxy) is 1. The highest BCUT2D eigenvalue weighted by molar-refractivity contribution is 5.77. The van der Waals surface area contributed by atoms with Gasteiger partial charge in [-0.25, -0.2) is 4.98 Å². The van der Waals surface area contributed by atoms with E-state index in [1.165, 1.54) is 12.8 Å². The van der Waals surface area contributed by atoms with Crippen LogP contribution in [-0.2, 0) is 11.3 Å². The molecule has 0 radical (unpaired) electrons. The van der Waals surface area contributed by atoms with Crippen molar-refractivity contribution in [3.63, 3.8) is 0 Å². The van der Waals surface area contributed by atoms with Gasteiger partial charge in [0.2, 0.25) is 5.91 Å². The number of carbonyl (C=O) groups is 1. The van der Waals surface area contributed by atoms with Gasteiger partial charge in [0.15, 0.2) is 5.82 Å². The Morgan fingerprint density at radius 1 is 1.35 bits per heavy atom. The lowest BCUT2D eigenvalue weighted by Gasteiger charge is -2.04. The van der Waals surface area contributed by atoms with Crippen molar-refractivity contribution in [2.45, 2.75) is 19.4 Å². The third kappa shape index (κ3) is 4.53. The molecular weight excluding hydrogens is 294 g/mol. The SMILES string of the molecule is COc1ccc(-c2n[nH]c(CNC(=O)CNCC3CC3)n2)cc1. The number of hydrogen-bond acceptors (Lipinski definition) is 5. The number of aromatic nitrogens is 3. The molecule has 1 fully saturated rings. The second-order valence-electron chi connectivity index (χ2n) is 5.69. The minimum atomic E-state index is -0.0342. The fourth-order valence-electron chi connectivity index (χ4n) is 2.20. The van der Waals surface area contributed by atoms with E-state index >= 15 is 0 Å². The van der Waals surface area contributed by atoms with Crippen molar-refractivity contribution in [1.82, 2.24) is 25.8 Å². The maximum atomic E-state index is 11.7. The third-order valence-electron chi connectivity index (χ3n) is 3.75. The standard InChI is InChI=1S/C16H21N5O2/c1-23-13-6-4-12(5-7-13)16-19-14(20-21-16)9-18-15(22)10-17-8-11-2-3-11/h4-7,11,17H,2-3,8-10H2,1H3,(H,18,22)(H,19,20,21). The minimum Gasteiger partial charge on any atom is -0.497 e. The molecule has 122 valence electrons. The number of methoxy groups -OCH3 is 1. The van der Waals surface area contributed by atoms with Crippen molar-refractivity contribution < 1.29 is 9.53 Å². The topological polar surface area (TPSA) is 91.9 Å². The van der Waals surface area contributed by atoms with E-state index in [0.29, 0.717) is 24.7 Å². The number of nitrogens with zero attached hydrogens (tertiary/aromatic N) is 2. The lowest BCUT2D eigenvalue weighted by atomic mass is 10.2. The monoisotopic (exact) mass is 315 g/mol. The van der Waals surface area contributed by atoms with Crippen molar-refractivity contribution >= 4 is 5.91 Å². The summed E-state index contributed by atoms with van der Waals surface area (Å²) < 4.78 is 5.12. The van der Waals surface area contributed by atoms with Crippen LogP contribution in [0.1, 0.15) is 18.7 Å². The average Bonchev–Trinajstić information content (AvgIpc) is 3.28. The van der Waals surface area contributed by atoms with Gasteiger partial charge < -0.3 is 15.4 Å². The van der Waals surface area contributed by atoms with Crippen LogP contribution in [0.25, 0.3) is 11.4 Å². The van der Waals surface area contributed by atoms with Gasteiger partial charge >= 0.3 is 0 Å². The molecule has 7 heteroatoms. The van der Waals surface area contributed by atoms with Crippen molar-refractivity contribution in [3.05, 3.63) is 30.1 Å². The zero-order chi connectivity index (χ0) is 16.1. The molecule has 0 spiro atoms. The zero-order valence-electron chi connectivity index (χ0n) is 13.1. The van der Waals surface area contributed by atoms with Crippen LogP contribution in [0.3, 0.4) is 0 Å². The summed E-state index contributed by atoms with van der Waals surface area (Å²) in [6.45, 7) is 1.61. The summed E-state index contributed by atoms with van der Waals surface area (Å²) in [5.74, 6) is 2.75. The van der Waals surface area contributed by atoms with Crippen LogP contribution >= 0.6 is 0 Å². The Balaban J connectivity index is 1.47. The van der Waals surface area contributed by atoms with Gasteiger partial charge in [-0.2, -0.15) is 5.10 Å². The summed E-state index contributed by atoms with van der Waals surface area (Å²) in [5.41, 5.74) is 0.894. The van der Waals surface area contributed by atoms with Gasteiger partial charge in [-0.05, 0) is 49.6 Å². The fourth-order valence-corrected chi connectivity index (χ4v) is 2.20. The lowest BCUT2D eigenvalue weighted by Crippen LogP contribution is -2.34. The number of benzene rings is 1. The van der Waals surface area contributed by atoms with Gasteiger partial charge in [-0.1, -0.05) is 0 Å².